The van der Waals surface area contributed by atoms with Gasteiger partial charge in [-0.1, -0.05) is 0 Å². The summed E-state index contributed by atoms with van der Waals surface area (Å²) in [6, 6.07) is 5.57. The van der Waals surface area contributed by atoms with E-state index < -0.39 is 0 Å². The third-order valence-corrected chi connectivity index (χ3v) is 3.94. The zero-order valence-electron chi connectivity index (χ0n) is 10.8. The van der Waals surface area contributed by atoms with Crippen LogP contribution in [0, 0.1) is 0 Å². The van der Waals surface area contributed by atoms with E-state index in [1.165, 1.54) is 0 Å². The van der Waals surface area contributed by atoms with E-state index in [9.17, 15) is 4.79 Å². The number of nitrogens with zero attached hydrogens (tertiary/aromatic N) is 1. The number of hydrogen-bond acceptors (Lipinski definition) is 3. The van der Waals surface area contributed by atoms with Crippen molar-refractivity contribution in [3.63, 3.8) is 0 Å². The summed E-state index contributed by atoms with van der Waals surface area (Å²) in [5, 5.41) is 0. The fourth-order valence-electron chi connectivity index (χ4n) is 2.15. The molecular formula is C14H18BrNO2. The van der Waals surface area contributed by atoms with Crippen molar-refractivity contribution >= 4 is 21.7 Å². The summed E-state index contributed by atoms with van der Waals surface area (Å²) in [7, 11) is 2.13. The van der Waals surface area contributed by atoms with Crippen LogP contribution >= 0.6 is 15.9 Å². The molecule has 98 valence electrons. The molecule has 1 aliphatic rings. The lowest BCUT2D eigenvalue weighted by atomic mass is 10.1. The standard InChI is InChI=1S/C14H18BrNO2/c1-10(17)13-4-3-12(9-14(13)15)18-11-5-7-16(2)8-6-11/h3-4,9,11H,5-8H2,1-2H3. The number of Topliss-reactive ketones (excluding diaryl/α,β-unsaturated/α-hetero) is 1. The lowest BCUT2D eigenvalue weighted by Gasteiger charge is -2.29. The van der Waals surface area contributed by atoms with E-state index in [1.54, 1.807) is 6.92 Å². The van der Waals surface area contributed by atoms with Gasteiger partial charge in [-0.2, -0.15) is 0 Å². The molecule has 0 amide bonds. The summed E-state index contributed by atoms with van der Waals surface area (Å²) in [5.74, 6) is 0.897. The second kappa shape index (κ2) is 5.85. The molecule has 1 saturated heterocycles. The predicted molar refractivity (Wildman–Crippen MR) is 75.3 cm³/mol. The van der Waals surface area contributed by atoms with Crippen molar-refractivity contribution in [3.8, 4) is 5.75 Å². The van der Waals surface area contributed by atoms with E-state index >= 15 is 0 Å². The van der Waals surface area contributed by atoms with E-state index in [2.05, 4.69) is 27.9 Å². The lowest BCUT2D eigenvalue weighted by molar-refractivity contribution is 0.101. The van der Waals surface area contributed by atoms with Crippen LogP contribution < -0.4 is 4.74 Å². The molecule has 2 rings (SSSR count). The van der Waals surface area contributed by atoms with Crippen molar-refractivity contribution in [2.75, 3.05) is 20.1 Å². The second-order valence-electron chi connectivity index (χ2n) is 4.82. The number of piperidine rings is 1. The zero-order valence-corrected chi connectivity index (χ0v) is 12.4. The Bertz CT molecular complexity index is 439. The second-order valence-corrected chi connectivity index (χ2v) is 5.67. The molecule has 0 unspecified atom stereocenters. The largest absolute Gasteiger partial charge is 0.490 e. The molecule has 1 aliphatic heterocycles. The number of ketones is 1. The van der Waals surface area contributed by atoms with Crippen molar-refractivity contribution in [3.05, 3.63) is 28.2 Å². The molecule has 0 saturated carbocycles. The first-order valence-electron chi connectivity index (χ1n) is 6.22. The highest BCUT2D eigenvalue weighted by Gasteiger charge is 2.18. The van der Waals surface area contributed by atoms with Gasteiger partial charge in [-0.15, -0.1) is 0 Å². The van der Waals surface area contributed by atoms with Crippen LogP contribution in [0.5, 0.6) is 5.75 Å². The Hall–Kier alpha value is -0.870. The number of rotatable bonds is 3. The quantitative estimate of drug-likeness (QED) is 0.803. The first kappa shape index (κ1) is 13.6. The van der Waals surface area contributed by atoms with Gasteiger partial charge < -0.3 is 9.64 Å². The third-order valence-electron chi connectivity index (χ3n) is 3.29. The SMILES string of the molecule is CC(=O)c1ccc(OC2CCN(C)CC2)cc1Br. The van der Waals surface area contributed by atoms with Crippen LogP contribution in [0.3, 0.4) is 0 Å². The fraction of sp³-hybridized carbons (Fsp3) is 0.500. The minimum Gasteiger partial charge on any atom is -0.490 e. The third kappa shape index (κ3) is 3.33. The first-order valence-corrected chi connectivity index (χ1v) is 7.01. The average molecular weight is 312 g/mol. The van der Waals surface area contributed by atoms with Gasteiger partial charge in [0, 0.05) is 23.1 Å². The minimum atomic E-state index is 0.0627. The van der Waals surface area contributed by atoms with E-state index in [1.807, 2.05) is 18.2 Å². The van der Waals surface area contributed by atoms with Crippen molar-refractivity contribution in [1.29, 1.82) is 0 Å². The molecule has 18 heavy (non-hydrogen) atoms. The molecule has 0 spiro atoms. The Morgan fingerprint density at radius 3 is 2.61 bits per heavy atom. The molecule has 3 nitrogen and oxygen atoms in total. The summed E-state index contributed by atoms with van der Waals surface area (Å²) in [6.45, 7) is 3.73. The van der Waals surface area contributed by atoms with Crippen LogP contribution in [0.2, 0.25) is 0 Å². The Morgan fingerprint density at radius 2 is 2.06 bits per heavy atom. The normalized spacial score (nSPS) is 17.7. The lowest BCUT2D eigenvalue weighted by Crippen LogP contribution is -2.35. The molecule has 1 aromatic carbocycles. The summed E-state index contributed by atoms with van der Waals surface area (Å²) in [5.41, 5.74) is 0.700. The zero-order chi connectivity index (χ0) is 13.1. The molecule has 1 aromatic rings. The van der Waals surface area contributed by atoms with Gasteiger partial charge >= 0.3 is 0 Å². The summed E-state index contributed by atoms with van der Waals surface area (Å²) in [4.78, 5) is 13.6. The number of likely N-dealkylation sites (tertiary alicyclic amines) is 1. The highest BCUT2D eigenvalue weighted by molar-refractivity contribution is 9.10. The molecule has 0 aromatic heterocycles. The minimum absolute atomic E-state index is 0.0627. The molecule has 1 heterocycles. The fourth-order valence-corrected chi connectivity index (χ4v) is 2.79. The van der Waals surface area contributed by atoms with Crippen LogP contribution in [-0.2, 0) is 0 Å². The Labute approximate surface area is 116 Å². The summed E-state index contributed by atoms with van der Waals surface area (Å²) in [6.07, 6.45) is 2.40. The van der Waals surface area contributed by atoms with Gasteiger partial charge in [0.15, 0.2) is 5.78 Å². The smallest absolute Gasteiger partial charge is 0.160 e. The summed E-state index contributed by atoms with van der Waals surface area (Å²) < 4.78 is 6.76. The van der Waals surface area contributed by atoms with Crippen LogP contribution in [0.25, 0.3) is 0 Å². The predicted octanol–water partition coefficient (Wildman–Crippen LogP) is 3.12. The van der Waals surface area contributed by atoms with E-state index in [0.717, 1.165) is 36.2 Å². The van der Waals surface area contributed by atoms with Crippen molar-refractivity contribution < 1.29 is 9.53 Å². The molecular weight excluding hydrogens is 294 g/mol. The van der Waals surface area contributed by atoms with Gasteiger partial charge in [-0.25, -0.2) is 0 Å². The van der Waals surface area contributed by atoms with Gasteiger partial charge in [0.25, 0.3) is 0 Å². The molecule has 1 fully saturated rings. The van der Waals surface area contributed by atoms with Gasteiger partial charge in [0.1, 0.15) is 11.9 Å². The van der Waals surface area contributed by atoms with Gasteiger partial charge in [-0.3, -0.25) is 4.79 Å². The number of halogens is 1. The maximum absolute atomic E-state index is 11.3. The molecule has 0 radical (unpaired) electrons. The number of ether oxygens (including phenoxy) is 1. The number of benzene rings is 1. The topological polar surface area (TPSA) is 29.5 Å². The van der Waals surface area contributed by atoms with Gasteiger partial charge in [-0.05, 0) is 60.9 Å². The van der Waals surface area contributed by atoms with Gasteiger partial charge in [0.05, 0.1) is 0 Å². The average Bonchev–Trinajstić information content (AvgIpc) is 2.32. The molecule has 0 bridgehead atoms. The number of hydrogen-bond donors (Lipinski definition) is 0. The van der Waals surface area contributed by atoms with Crippen LogP contribution in [-0.4, -0.2) is 36.9 Å². The molecule has 4 heteroatoms. The van der Waals surface area contributed by atoms with Crippen LogP contribution in [0.1, 0.15) is 30.1 Å². The number of carbonyl (C=O) groups excluding carboxylic acids is 1. The number of carbonyl (C=O) groups is 1. The van der Waals surface area contributed by atoms with Crippen molar-refractivity contribution in [2.24, 2.45) is 0 Å². The van der Waals surface area contributed by atoms with E-state index in [4.69, 9.17) is 4.74 Å². The van der Waals surface area contributed by atoms with Crippen LogP contribution in [0.15, 0.2) is 22.7 Å². The highest BCUT2D eigenvalue weighted by Crippen LogP contribution is 2.25. The van der Waals surface area contributed by atoms with Gasteiger partial charge in [0.2, 0.25) is 0 Å². The maximum Gasteiger partial charge on any atom is 0.160 e. The molecule has 0 atom stereocenters. The Kier molecular flexibility index (Phi) is 4.40. The Balaban J connectivity index is 2.02. The van der Waals surface area contributed by atoms with E-state index in [-0.39, 0.29) is 11.9 Å². The van der Waals surface area contributed by atoms with Crippen molar-refractivity contribution in [1.82, 2.24) is 4.90 Å². The first-order chi connectivity index (χ1) is 8.56. The van der Waals surface area contributed by atoms with E-state index in [0.29, 0.717) is 5.56 Å². The Morgan fingerprint density at radius 1 is 1.39 bits per heavy atom. The summed E-state index contributed by atoms with van der Waals surface area (Å²) >= 11 is 3.41. The molecule has 0 aliphatic carbocycles. The highest BCUT2D eigenvalue weighted by atomic mass is 79.9. The van der Waals surface area contributed by atoms with Crippen molar-refractivity contribution in [2.45, 2.75) is 25.9 Å². The molecule has 0 N–H and O–H groups in total. The van der Waals surface area contributed by atoms with Crippen LogP contribution in [0.4, 0.5) is 0 Å². The maximum atomic E-state index is 11.3. The monoisotopic (exact) mass is 311 g/mol.